The zero-order valence-electron chi connectivity index (χ0n) is 71.6. The van der Waals surface area contributed by atoms with Crippen LogP contribution in [0.25, 0.3) is 0 Å². The summed E-state index contributed by atoms with van der Waals surface area (Å²) in [4.78, 5) is 94.8. The Morgan fingerprint density at radius 3 is 1.26 bits per heavy atom. The standard InChI is InChI=1S/C17H21ClFNO3.C13H14ClFO2.C12H11ClFNO3.C12H13ClFNO2.C12H13ClFNO.C12H14ClFO.C12H12ClFO.C6H3BrClF/c1-16(2,3)23-15(22)20-17(9-5-4-6-14(17)21)12-8-7-11(18)10-13(12)19;1-13(6-2-3-11(16)12(13)17)9-5-4-8(14)7-10(9)15;13-8-4-5-9(10(14)7-8)12(15(17)18)6-2-1-3-11(12)16;13-7-3-4-8(9(14)6-7)12(15)5-1-2-10(16)11(12)17;13-8-4-5-9(10(14)7-8)12(15)6-2-1-3-11(12)16;2*13-8-5-6-9(11(14)7-8)10-3-1-2-4-12(10)15;7-5-2-1-4(8)3-6(5)9/h7-8,10H,4-6,9H2,1-3H3,(H,20,22);4-5,7,11,16H,2-3,6H2,1H3;4-5,7H,1-3,6H2;3-4,6,10,16H,1-2,5,15H2;4-5,7H,1-3,6,15H2;5-7,10,12,15H,1-4H2;5-7,10H,1-4H2;1-3H. The van der Waals surface area contributed by atoms with Crippen LogP contribution >= 0.6 is 109 Å². The summed E-state index contributed by atoms with van der Waals surface area (Å²) in [5.74, 6) is -5.78. The lowest BCUT2D eigenvalue weighted by atomic mass is 9.69. The molecule has 0 saturated heterocycles. The van der Waals surface area contributed by atoms with E-state index in [2.05, 4.69) is 21.2 Å². The highest BCUT2D eigenvalue weighted by atomic mass is 79.9. The molecular weight excluding hydrogens is 1930 g/mol. The van der Waals surface area contributed by atoms with Gasteiger partial charge in [0.25, 0.3) is 0 Å². The molecule has 34 heteroatoms. The Morgan fingerprint density at radius 1 is 0.431 bits per heavy atom. The van der Waals surface area contributed by atoms with Gasteiger partial charge >= 0.3 is 11.6 Å². The van der Waals surface area contributed by atoms with Crippen LogP contribution in [0.5, 0.6) is 0 Å². The SMILES string of the molecule is CC(C)(C)OC(=O)NC1(c2ccc(Cl)cc2F)CCCCC1=O.CC1(c2ccc(Cl)cc2F)CCCC(O)C1=O.Fc1cc(Cl)ccc1Br.NC1(c2ccc(Cl)cc2F)CCCC(O)C1=O.NC1(c2ccc(Cl)cc2F)CCCCC1=O.O=C1CCCCC1(c1ccc(Cl)cc1F)[N+](=O)[O-].O=C1CCCCC1c1ccc(Cl)cc1F.OC1CCCCC1c1ccc(Cl)cc1F. The number of ether oxygens (including phenoxy) is 1. The van der Waals surface area contributed by atoms with E-state index in [1.54, 1.807) is 76.2 Å². The van der Waals surface area contributed by atoms with Gasteiger partial charge in [0.15, 0.2) is 23.1 Å². The van der Waals surface area contributed by atoms with Gasteiger partial charge in [0.05, 0.1) is 21.6 Å². The predicted molar refractivity (Wildman–Crippen MR) is 491 cm³/mol. The van der Waals surface area contributed by atoms with E-state index in [9.17, 15) is 94.1 Å². The Bertz CT molecular complexity index is 5330. The van der Waals surface area contributed by atoms with E-state index in [-0.39, 0.29) is 109 Å². The minimum Gasteiger partial charge on any atom is -0.444 e. The normalized spacial score (nSPS) is 24.3. The highest BCUT2D eigenvalue weighted by Crippen LogP contribution is 2.44. The number of hydrogen-bond acceptors (Lipinski definition) is 15. The number of aliphatic hydroxyl groups excluding tert-OH is 3. The van der Waals surface area contributed by atoms with Gasteiger partial charge in [-0.2, -0.15) is 0 Å². The molecule has 0 heterocycles. The predicted octanol–water partition coefficient (Wildman–Crippen LogP) is 25.3. The van der Waals surface area contributed by atoms with Crippen molar-refractivity contribution in [3.63, 3.8) is 0 Å². The van der Waals surface area contributed by atoms with E-state index >= 15 is 0 Å². The molecule has 0 spiro atoms. The molecule has 7 aliphatic carbocycles. The summed E-state index contributed by atoms with van der Waals surface area (Å²) in [5, 5.41) is 45.4. The Kier molecular flexibility index (Phi) is 39.9. The first-order valence-electron chi connectivity index (χ1n) is 42.4. The van der Waals surface area contributed by atoms with Gasteiger partial charge in [-0.1, -0.05) is 155 Å². The maximum absolute atomic E-state index is 14.4. The molecule has 10 atom stereocenters. The van der Waals surface area contributed by atoms with Gasteiger partial charge in [0, 0.05) is 111 Å². The second-order valence-electron chi connectivity index (χ2n) is 34.1. The van der Waals surface area contributed by atoms with Gasteiger partial charge in [-0.15, -0.1) is 0 Å². The highest BCUT2D eigenvalue weighted by molar-refractivity contribution is 9.10. The number of nitrogens with one attached hydrogen (secondary N) is 1. The number of amides is 1. The quantitative estimate of drug-likeness (QED) is 0.0339. The third-order valence-electron chi connectivity index (χ3n) is 23.9. The van der Waals surface area contributed by atoms with Crippen molar-refractivity contribution >= 4 is 150 Å². The van der Waals surface area contributed by atoms with Crippen molar-refractivity contribution in [2.24, 2.45) is 11.5 Å². The third kappa shape index (κ3) is 27.9. The van der Waals surface area contributed by atoms with E-state index in [4.69, 9.17) is 109 Å². The molecule has 0 aromatic heterocycles. The fraction of sp³-hybridized carbons (Fsp3) is 0.427. The number of carbonyl (C=O) groups is 7. The summed E-state index contributed by atoms with van der Waals surface area (Å²) in [6, 6.07) is 34.0. The zero-order chi connectivity index (χ0) is 96.1. The van der Waals surface area contributed by atoms with Crippen molar-refractivity contribution in [1.82, 2.24) is 5.32 Å². The molecule has 0 radical (unpaired) electrons. The highest BCUT2D eigenvalue weighted by Gasteiger charge is 2.55. The van der Waals surface area contributed by atoms with Crippen molar-refractivity contribution in [1.29, 1.82) is 0 Å². The molecule has 702 valence electrons. The number of nitrogens with two attached hydrogens (primary N) is 2. The van der Waals surface area contributed by atoms with Crippen LogP contribution in [0, 0.1) is 56.7 Å². The maximum Gasteiger partial charge on any atom is 0.408 e. The van der Waals surface area contributed by atoms with E-state index in [1.807, 2.05) is 0 Å². The number of halogens is 17. The molecule has 8 N–H and O–H groups in total. The minimum absolute atomic E-state index is 0.0391. The maximum atomic E-state index is 14.4. The van der Waals surface area contributed by atoms with Crippen LogP contribution in [-0.4, -0.2) is 84.9 Å². The molecule has 0 bridgehead atoms. The van der Waals surface area contributed by atoms with Crippen molar-refractivity contribution in [2.45, 2.75) is 258 Å². The molecule has 7 fully saturated rings. The summed E-state index contributed by atoms with van der Waals surface area (Å²) in [5.41, 5.74) is 6.20. The Hall–Kier alpha value is -7.51. The molecule has 8 aromatic carbocycles. The Balaban J connectivity index is 0.000000185. The van der Waals surface area contributed by atoms with Crippen LogP contribution in [0.2, 0.25) is 40.2 Å². The Morgan fingerprint density at radius 2 is 0.815 bits per heavy atom. The Labute approximate surface area is 797 Å². The number of carbonyl (C=O) groups excluding carboxylic acids is 7. The number of ketones is 6. The monoisotopic (exact) mass is 2030 g/mol. The molecule has 7 saturated carbocycles. The number of benzene rings is 8. The van der Waals surface area contributed by atoms with E-state index in [0.717, 1.165) is 82.4 Å². The summed E-state index contributed by atoms with van der Waals surface area (Å²) < 4.78 is 115. The fourth-order valence-electron chi connectivity index (χ4n) is 17.0. The summed E-state index contributed by atoms with van der Waals surface area (Å²) in [7, 11) is 0. The van der Waals surface area contributed by atoms with E-state index < -0.39 is 103 Å². The average Bonchev–Trinajstić information content (AvgIpc) is 0.765. The summed E-state index contributed by atoms with van der Waals surface area (Å²) in [6.07, 6.45) is 12.8. The van der Waals surface area contributed by atoms with Gasteiger partial charge < -0.3 is 36.8 Å². The van der Waals surface area contributed by atoms with Gasteiger partial charge in [0.1, 0.15) is 86.7 Å². The second kappa shape index (κ2) is 48.1. The summed E-state index contributed by atoms with van der Waals surface area (Å²) >= 11 is 48.2. The average molecular weight is 2030 g/mol. The number of hydrogen-bond donors (Lipinski definition) is 6. The number of aliphatic hydroxyl groups is 3. The van der Waals surface area contributed by atoms with Gasteiger partial charge in [-0.3, -0.25) is 38.9 Å². The largest absolute Gasteiger partial charge is 0.444 e. The topological polar surface area (TPSA) is 297 Å². The van der Waals surface area contributed by atoms with Crippen LogP contribution in [0.3, 0.4) is 0 Å². The number of nitrogens with zero attached hydrogens (tertiary/aromatic N) is 1. The molecule has 0 aliphatic heterocycles. The van der Waals surface area contributed by atoms with Gasteiger partial charge in [-0.25, -0.2) is 39.9 Å². The van der Waals surface area contributed by atoms with Gasteiger partial charge in [0.2, 0.25) is 5.78 Å². The number of alkyl carbamates (subject to hydrolysis) is 1. The zero-order valence-corrected chi connectivity index (χ0v) is 79.2. The molecule has 8 aromatic rings. The van der Waals surface area contributed by atoms with E-state index in [0.29, 0.717) is 130 Å². The molecule has 17 nitrogen and oxygen atoms in total. The van der Waals surface area contributed by atoms with Crippen molar-refractivity contribution in [3.8, 4) is 0 Å². The molecule has 130 heavy (non-hydrogen) atoms. The van der Waals surface area contributed by atoms with Crippen LogP contribution in [0.1, 0.15) is 245 Å². The first-order valence-corrected chi connectivity index (χ1v) is 46.2. The smallest absolute Gasteiger partial charge is 0.408 e. The summed E-state index contributed by atoms with van der Waals surface area (Å²) in [6.45, 7) is 6.87. The van der Waals surface area contributed by atoms with Gasteiger partial charge in [-0.05, 0) is 273 Å². The molecule has 7 aliphatic rings. The molecule has 15 rings (SSSR count). The first-order chi connectivity index (χ1) is 61.1. The van der Waals surface area contributed by atoms with Crippen molar-refractivity contribution < 1.29 is 93.7 Å². The number of Topliss-reactive ketones (excluding diaryl/α,β-unsaturated/α-hetero) is 6. The van der Waals surface area contributed by atoms with Crippen molar-refractivity contribution in [3.05, 3.63) is 286 Å². The number of rotatable bonds is 9. The van der Waals surface area contributed by atoms with Crippen LogP contribution in [0.4, 0.5) is 39.9 Å². The first kappa shape index (κ1) is 108. The lowest BCUT2D eigenvalue weighted by Gasteiger charge is -2.37. The van der Waals surface area contributed by atoms with Crippen LogP contribution in [-0.2, 0) is 61.1 Å². The van der Waals surface area contributed by atoms with Crippen LogP contribution < -0.4 is 16.8 Å². The third-order valence-corrected chi connectivity index (χ3v) is 26.4. The van der Waals surface area contributed by atoms with Crippen LogP contribution in [0.15, 0.2) is 150 Å². The molecule has 1 amide bonds. The van der Waals surface area contributed by atoms with E-state index in [1.165, 1.54) is 78.9 Å². The fourth-order valence-corrected chi connectivity index (χ4v) is 18.5. The molecular formula is C96H101BrCl8F8N4O13. The molecule has 10 unspecified atom stereocenters. The lowest BCUT2D eigenvalue weighted by molar-refractivity contribution is -0.563. The van der Waals surface area contributed by atoms with Crippen molar-refractivity contribution in [2.75, 3.05) is 0 Å². The minimum atomic E-state index is -1.94. The lowest BCUT2D eigenvalue weighted by Crippen LogP contribution is -2.54. The second-order valence-corrected chi connectivity index (χ2v) is 38.4. The number of nitro groups is 1.